The van der Waals surface area contributed by atoms with Gasteiger partial charge in [-0.1, -0.05) is 13.8 Å². The highest BCUT2D eigenvalue weighted by atomic mass is 15.2. The van der Waals surface area contributed by atoms with Crippen LogP contribution >= 0.6 is 0 Å². The number of aliphatic imine (C=N–C) groups is 1. The zero-order valence-electron chi connectivity index (χ0n) is 8.22. The molecule has 0 spiro atoms. The minimum Gasteiger partial charge on any atom is -0.370 e. The molecule has 3 N–H and O–H groups in total. The number of rotatable bonds is 3. The molecule has 12 heavy (non-hydrogen) atoms. The molecule has 1 fully saturated rings. The summed E-state index contributed by atoms with van der Waals surface area (Å²) in [5.41, 5.74) is 5.95. The van der Waals surface area contributed by atoms with Gasteiger partial charge in [-0.3, -0.25) is 4.99 Å². The van der Waals surface area contributed by atoms with Crippen LogP contribution in [0.25, 0.3) is 0 Å². The van der Waals surface area contributed by atoms with Gasteiger partial charge in [0.2, 0.25) is 0 Å². The van der Waals surface area contributed by atoms with E-state index in [1.807, 2.05) is 6.92 Å². The molecule has 3 nitrogen and oxygen atoms in total. The van der Waals surface area contributed by atoms with E-state index in [9.17, 15) is 0 Å². The summed E-state index contributed by atoms with van der Waals surface area (Å²) in [6.45, 7) is 7.19. The van der Waals surface area contributed by atoms with Gasteiger partial charge in [0.05, 0.1) is 0 Å². The summed E-state index contributed by atoms with van der Waals surface area (Å²) in [7, 11) is 0. The van der Waals surface area contributed by atoms with E-state index in [0.717, 1.165) is 6.54 Å². The van der Waals surface area contributed by atoms with Crippen LogP contribution in [0, 0.1) is 5.92 Å². The minimum atomic E-state index is 0.267. The fourth-order valence-electron chi connectivity index (χ4n) is 1.45. The smallest absolute Gasteiger partial charge is 0.189 e. The van der Waals surface area contributed by atoms with Crippen LogP contribution in [0.5, 0.6) is 0 Å². The highest BCUT2D eigenvalue weighted by Gasteiger charge is 2.45. The van der Waals surface area contributed by atoms with E-state index < -0.39 is 0 Å². The number of nitrogens with one attached hydrogen (secondary N) is 1. The highest BCUT2D eigenvalue weighted by Crippen LogP contribution is 2.41. The number of nitrogens with two attached hydrogens (primary N) is 1. The lowest BCUT2D eigenvalue weighted by atomic mass is 10.0. The Bertz CT molecular complexity index is 180. The van der Waals surface area contributed by atoms with Crippen molar-refractivity contribution in [3.63, 3.8) is 0 Å². The lowest BCUT2D eigenvalue weighted by molar-refractivity contribution is 0.434. The van der Waals surface area contributed by atoms with Crippen LogP contribution in [0.1, 0.15) is 33.6 Å². The van der Waals surface area contributed by atoms with Crippen molar-refractivity contribution >= 4 is 5.96 Å². The largest absolute Gasteiger partial charge is 0.370 e. The third-order valence-corrected chi connectivity index (χ3v) is 2.60. The standard InChI is InChI=1S/C9H19N3/c1-4-11-8(10)12-9(5-6-9)7(2)3/h7H,4-6H2,1-3H3,(H3,10,11,12). The average Bonchev–Trinajstić information content (AvgIpc) is 2.69. The molecule has 3 heteroatoms. The second-order valence-corrected chi connectivity index (χ2v) is 3.80. The summed E-state index contributed by atoms with van der Waals surface area (Å²) in [5.74, 6) is 1.24. The Hall–Kier alpha value is -0.730. The first-order valence-electron chi connectivity index (χ1n) is 4.69. The first-order chi connectivity index (χ1) is 5.60. The van der Waals surface area contributed by atoms with Crippen LogP contribution < -0.4 is 11.1 Å². The van der Waals surface area contributed by atoms with Crippen molar-refractivity contribution in [1.82, 2.24) is 5.32 Å². The van der Waals surface area contributed by atoms with E-state index in [0.29, 0.717) is 11.9 Å². The van der Waals surface area contributed by atoms with Gasteiger partial charge in [0, 0.05) is 12.1 Å². The van der Waals surface area contributed by atoms with E-state index in [1.54, 1.807) is 0 Å². The van der Waals surface area contributed by atoms with Gasteiger partial charge in [0.1, 0.15) is 0 Å². The lowest BCUT2D eigenvalue weighted by Gasteiger charge is -2.21. The van der Waals surface area contributed by atoms with Crippen molar-refractivity contribution in [1.29, 1.82) is 0 Å². The molecule has 0 aliphatic heterocycles. The number of nitrogens with zero attached hydrogens (tertiary/aromatic N) is 1. The van der Waals surface area contributed by atoms with Crippen LogP contribution in [-0.2, 0) is 0 Å². The Labute approximate surface area is 74.4 Å². The molecule has 0 amide bonds. The molecule has 0 aromatic carbocycles. The topological polar surface area (TPSA) is 50.4 Å². The summed E-state index contributed by atoms with van der Waals surface area (Å²) >= 11 is 0. The minimum absolute atomic E-state index is 0.267. The Morgan fingerprint density at radius 2 is 2.17 bits per heavy atom. The Balaban J connectivity index is 2.45. The van der Waals surface area contributed by atoms with E-state index in [1.165, 1.54) is 12.8 Å². The molecular formula is C9H19N3. The molecule has 0 aromatic rings. The number of hydrogen-bond donors (Lipinski definition) is 2. The fraction of sp³-hybridized carbons (Fsp3) is 0.889. The maximum atomic E-state index is 5.69. The summed E-state index contributed by atoms with van der Waals surface area (Å²) in [6.07, 6.45) is 2.45. The first kappa shape index (κ1) is 9.36. The molecule has 0 heterocycles. The molecular weight excluding hydrogens is 150 g/mol. The normalized spacial score (nSPS) is 21.2. The van der Waals surface area contributed by atoms with Crippen LogP contribution in [0.15, 0.2) is 4.99 Å². The van der Waals surface area contributed by atoms with Gasteiger partial charge in [-0.15, -0.1) is 0 Å². The van der Waals surface area contributed by atoms with Gasteiger partial charge in [-0.25, -0.2) is 0 Å². The monoisotopic (exact) mass is 169 g/mol. The zero-order valence-corrected chi connectivity index (χ0v) is 8.22. The molecule has 1 aliphatic rings. The number of hydrogen-bond acceptors (Lipinski definition) is 1. The molecule has 1 saturated carbocycles. The maximum absolute atomic E-state index is 5.69. The van der Waals surface area contributed by atoms with Crippen molar-refractivity contribution in [2.75, 3.05) is 6.54 Å². The van der Waals surface area contributed by atoms with Crippen molar-refractivity contribution in [2.24, 2.45) is 16.6 Å². The van der Waals surface area contributed by atoms with E-state index in [2.05, 4.69) is 24.2 Å². The summed E-state index contributed by atoms with van der Waals surface area (Å²) in [4.78, 5) is 4.12. The van der Waals surface area contributed by atoms with Gasteiger partial charge < -0.3 is 11.1 Å². The Kier molecular flexibility index (Phi) is 2.60. The summed E-state index contributed by atoms with van der Waals surface area (Å²) in [5, 5.41) is 3.30. The van der Waals surface area contributed by atoms with Crippen LogP contribution in [0.2, 0.25) is 0 Å². The van der Waals surface area contributed by atoms with Gasteiger partial charge in [-0.2, -0.15) is 0 Å². The van der Waals surface area contributed by atoms with E-state index in [-0.39, 0.29) is 5.54 Å². The third-order valence-electron chi connectivity index (χ3n) is 2.60. The Morgan fingerprint density at radius 1 is 1.58 bits per heavy atom. The first-order valence-corrected chi connectivity index (χ1v) is 4.69. The molecule has 0 unspecified atom stereocenters. The quantitative estimate of drug-likeness (QED) is 0.491. The molecule has 1 rings (SSSR count). The highest BCUT2D eigenvalue weighted by molar-refractivity contribution is 5.79. The number of guanidine groups is 1. The van der Waals surface area contributed by atoms with Crippen LogP contribution in [0.4, 0.5) is 0 Å². The SMILES string of the molecule is CCN=C(N)NC1(C(C)C)CC1. The second kappa shape index (κ2) is 3.33. The predicted octanol–water partition coefficient (Wildman–Crippen LogP) is 1.10. The van der Waals surface area contributed by atoms with E-state index >= 15 is 0 Å². The van der Waals surface area contributed by atoms with E-state index in [4.69, 9.17) is 5.73 Å². The van der Waals surface area contributed by atoms with Crippen LogP contribution in [0.3, 0.4) is 0 Å². The molecule has 0 atom stereocenters. The molecule has 0 bridgehead atoms. The van der Waals surface area contributed by atoms with Crippen molar-refractivity contribution in [3.05, 3.63) is 0 Å². The van der Waals surface area contributed by atoms with Crippen LogP contribution in [-0.4, -0.2) is 18.0 Å². The van der Waals surface area contributed by atoms with Gasteiger partial charge in [-0.05, 0) is 25.7 Å². The zero-order chi connectivity index (χ0) is 9.19. The molecule has 0 saturated heterocycles. The summed E-state index contributed by atoms with van der Waals surface area (Å²) < 4.78 is 0. The molecule has 0 aromatic heterocycles. The fourth-order valence-corrected chi connectivity index (χ4v) is 1.45. The van der Waals surface area contributed by atoms with Crippen molar-refractivity contribution in [3.8, 4) is 0 Å². The predicted molar refractivity (Wildman–Crippen MR) is 52.1 cm³/mol. The molecule has 0 radical (unpaired) electrons. The molecule has 1 aliphatic carbocycles. The van der Waals surface area contributed by atoms with Gasteiger partial charge in [0.25, 0.3) is 0 Å². The Morgan fingerprint density at radius 3 is 2.50 bits per heavy atom. The summed E-state index contributed by atoms with van der Waals surface area (Å²) in [6, 6.07) is 0. The maximum Gasteiger partial charge on any atom is 0.189 e. The lowest BCUT2D eigenvalue weighted by Crippen LogP contribution is -2.44. The van der Waals surface area contributed by atoms with Gasteiger partial charge in [0.15, 0.2) is 5.96 Å². The van der Waals surface area contributed by atoms with Crippen molar-refractivity contribution < 1.29 is 0 Å². The van der Waals surface area contributed by atoms with Gasteiger partial charge >= 0.3 is 0 Å². The molecule has 70 valence electrons. The average molecular weight is 169 g/mol. The second-order valence-electron chi connectivity index (χ2n) is 3.80. The van der Waals surface area contributed by atoms with Crippen molar-refractivity contribution in [2.45, 2.75) is 39.2 Å². The third kappa shape index (κ3) is 1.90.